The van der Waals surface area contributed by atoms with Crippen LogP contribution in [0.2, 0.25) is 0 Å². The first-order chi connectivity index (χ1) is 7.88. The van der Waals surface area contributed by atoms with Crippen molar-refractivity contribution in [2.45, 2.75) is 71.3 Å². The highest BCUT2D eigenvalue weighted by Gasteiger charge is 2.28. The molecule has 1 rings (SSSR count). The van der Waals surface area contributed by atoms with Crippen molar-refractivity contribution >= 4 is 0 Å². The van der Waals surface area contributed by atoms with E-state index in [-0.39, 0.29) is 0 Å². The number of unbranched alkanes of at least 4 members (excludes halogenated alkanes) is 4. The van der Waals surface area contributed by atoms with Crippen LogP contribution in [-0.2, 0) is 0 Å². The fourth-order valence-electron chi connectivity index (χ4n) is 2.13. The minimum Gasteiger partial charge on any atom is -0.310 e. The molecule has 0 heterocycles. The van der Waals surface area contributed by atoms with Crippen molar-refractivity contribution < 1.29 is 0 Å². The molecule has 0 aromatic heterocycles. The van der Waals surface area contributed by atoms with Gasteiger partial charge in [0.2, 0.25) is 0 Å². The summed E-state index contributed by atoms with van der Waals surface area (Å²) in [5.41, 5.74) is 0. The lowest BCUT2D eigenvalue weighted by atomic mass is 10.1. The van der Waals surface area contributed by atoms with Crippen molar-refractivity contribution in [3.63, 3.8) is 0 Å². The quantitative estimate of drug-likeness (QED) is 0.430. The molecular weight excluding hydrogens is 194 g/mol. The Balaban J connectivity index is 2.01. The Morgan fingerprint density at radius 1 is 1.12 bits per heavy atom. The molecule has 1 unspecified atom stereocenters. The summed E-state index contributed by atoms with van der Waals surface area (Å²) in [4.78, 5) is 0. The Kier molecular flexibility index (Phi) is 7.58. The first-order valence-corrected chi connectivity index (χ1v) is 7.28. The molecule has 1 N–H and O–H groups in total. The van der Waals surface area contributed by atoms with Crippen LogP contribution in [0.1, 0.15) is 65.2 Å². The lowest BCUT2D eigenvalue weighted by molar-refractivity contribution is 0.510. The van der Waals surface area contributed by atoms with Crippen LogP contribution in [0.15, 0.2) is 12.2 Å². The van der Waals surface area contributed by atoms with E-state index in [1.807, 2.05) is 0 Å². The summed E-state index contributed by atoms with van der Waals surface area (Å²) in [6.45, 7) is 5.70. The second-order valence-electron chi connectivity index (χ2n) is 5.07. The fourth-order valence-corrected chi connectivity index (χ4v) is 2.13. The van der Waals surface area contributed by atoms with Crippen LogP contribution in [0.3, 0.4) is 0 Å². The molecule has 0 bridgehead atoms. The molecule has 1 fully saturated rings. The van der Waals surface area contributed by atoms with Gasteiger partial charge in [-0.1, -0.05) is 51.7 Å². The molecule has 1 saturated carbocycles. The van der Waals surface area contributed by atoms with Crippen LogP contribution < -0.4 is 5.32 Å². The van der Waals surface area contributed by atoms with Crippen LogP contribution in [0.4, 0.5) is 0 Å². The summed E-state index contributed by atoms with van der Waals surface area (Å²) in [6.07, 6.45) is 15.6. The Morgan fingerprint density at radius 2 is 1.88 bits per heavy atom. The molecule has 0 spiro atoms. The average molecular weight is 223 g/mol. The van der Waals surface area contributed by atoms with E-state index in [0.29, 0.717) is 6.04 Å². The third-order valence-electron chi connectivity index (χ3n) is 3.37. The molecule has 0 aromatic rings. The topological polar surface area (TPSA) is 12.0 Å². The second-order valence-corrected chi connectivity index (χ2v) is 5.07. The van der Waals surface area contributed by atoms with Crippen molar-refractivity contribution in [2.24, 2.45) is 5.92 Å². The Labute approximate surface area is 102 Å². The molecule has 1 heteroatoms. The van der Waals surface area contributed by atoms with Gasteiger partial charge in [-0.2, -0.15) is 0 Å². The Morgan fingerprint density at radius 3 is 2.50 bits per heavy atom. The molecule has 0 aromatic carbocycles. The van der Waals surface area contributed by atoms with Gasteiger partial charge in [0.15, 0.2) is 0 Å². The molecule has 16 heavy (non-hydrogen) atoms. The van der Waals surface area contributed by atoms with Crippen molar-refractivity contribution in [3.05, 3.63) is 12.2 Å². The largest absolute Gasteiger partial charge is 0.310 e. The number of hydrogen-bond donors (Lipinski definition) is 1. The van der Waals surface area contributed by atoms with Gasteiger partial charge in [0.05, 0.1) is 0 Å². The average Bonchev–Trinajstić information content (AvgIpc) is 3.11. The molecule has 1 aliphatic rings. The van der Waals surface area contributed by atoms with Crippen molar-refractivity contribution in [2.75, 3.05) is 6.54 Å². The van der Waals surface area contributed by atoms with Gasteiger partial charge in [-0.15, -0.1) is 0 Å². The van der Waals surface area contributed by atoms with Crippen LogP contribution >= 0.6 is 0 Å². The van der Waals surface area contributed by atoms with E-state index in [2.05, 4.69) is 31.3 Å². The summed E-state index contributed by atoms with van der Waals surface area (Å²) in [5.74, 6) is 0.943. The number of rotatable bonds is 10. The van der Waals surface area contributed by atoms with Gasteiger partial charge in [-0.25, -0.2) is 0 Å². The minimum absolute atomic E-state index is 0.672. The smallest absolute Gasteiger partial charge is 0.0278 e. The standard InChI is InChI=1S/C15H29N/c1-3-5-7-8-9-13-16-15(10-6-4-2)14-11-12-14/h6,10,14-16H,3-5,7-9,11-13H2,1-2H3. The second kappa shape index (κ2) is 8.81. The molecule has 0 amide bonds. The molecule has 0 aliphatic heterocycles. The predicted molar refractivity (Wildman–Crippen MR) is 72.7 cm³/mol. The van der Waals surface area contributed by atoms with Gasteiger partial charge in [0.1, 0.15) is 0 Å². The number of allylic oxidation sites excluding steroid dienone is 1. The van der Waals surface area contributed by atoms with Gasteiger partial charge >= 0.3 is 0 Å². The van der Waals surface area contributed by atoms with E-state index in [1.165, 1.54) is 57.9 Å². The van der Waals surface area contributed by atoms with Crippen LogP contribution in [0.25, 0.3) is 0 Å². The van der Waals surface area contributed by atoms with Gasteiger partial charge in [-0.05, 0) is 38.1 Å². The Bertz CT molecular complexity index is 182. The van der Waals surface area contributed by atoms with E-state index in [0.717, 1.165) is 5.92 Å². The van der Waals surface area contributed by atoms with E-state index >= 15 is 0 Å². The highest BCUT2D eigenvalue weighted by atomic mass is 14.9. The molecule has 94 valence electrons. The SMILES string of the molecule is CCC=CC(NCCCCCCC)C1CC1. The zero-order valence-corrected chi connectivity index (χ0v) is 11.2. The monoisotopic (exact) mass is 223 g/mol. The highest BCUT2D eigenvalue weighted by molar-refractivity contribution is 5.00. The van der Waals surface area contributed by atoms with Crippen molar-refractivity contribution in [3.8, 4) is 0 Å². The van der Waals surface area contributed by atoms with E-state index in [1.54, 1.807) is 0 Å². The van der Waals surface area contributed by atoms with Gasteiger partial charge in [-0.3, -0.25) is 0 Å². The molecule has 0 saturated heterocycles. The first kappa shape index (κ1) is 13.8. The van der Waals surface area contributed by atoms with Crippen LogP contribution in [0.5, 0.6) is 0 Å². The minimum atomic E-state index is 0.672. The summed E-state index contributed by atoms with van der Waals surface area (Å²) in [5, 5.41) is 3.71. The maximum atomic E-state index is 3.71. The van der Waals surface area contributed by atoms with Crippen molar-refractivity contribution in [1.82, 2.24) is 5.32 Å². The zero-order chi connectivity index (χ0) is 11.6. The number of hydrogen-bond acceptors (Lipinski definition) is 1. The Hall–Kier alpha value is -0.300. The number of nitrogens with one attached hydrogen (secondary N) is 1. The predicted octanol–water partition coefficient (Wildman–Crippen LogP) is 4.29. The zero-order valence-electron chi connectivity index (χ0n) is 11.2. The first-order valence-electron chi connectivity index (χ1n) is 7.28. The lowest BCUT2D eigenvalue weighted by Gasteiger charge is -2.14. The van der Waals surface area contributed by atoms with E-state index in [4.69, 9.17) is 0 Å². The van der Waals surface area contributed by atoms with Gasteiger partial charge < -0.3 is 5.32 Å². The lowest BCUT2D eigenvalue weighted by Crippen LogP contribution is -2.30. The van der Waals surface area contributed by atoms with E-state index < -0.39 is 0 Å². The van der Waals surface area contributed by atoms with Crippen LogP contribution in [-0.4, -0.2) is 12.6 Å². The third-order valence-corrected chi connectivity index (χ3v) is 3.37. The van der Waals surface area contributed by atoms with E-state index in [9.17, 15) is 0 Å². The van der Waals surface area contributed by atoms with Gasteiger partial charge in [0, 0.05) is 6.04 Å². The maximum Gasteiger partial charge on any atom is 0.0278 e. The summed E-state index contributed by atoms with van der Waals surface area (Å²) < 4.78 is 0. The highest BCUT2D eigenvalue weighted by Crippen LogP contribution is 2.33. The summed E-state index contributed by atoms with van der Waals surface area (Å²) >= 11 is 0. The fraction of sp³-hybridized carbons (Fsp3) is 0.867. The third kappa shape index (κ3) is 6.32. The summed E-state index contributed by atoms with van der Waals surface area (Å²) in [6, 6.07) is 0.672. The molecule has 0 radical (unpaired) electrons. The molecule has 1 aliphatic carbocycles. The molecule has 1 atom stereocenters. The summed E-state index contributed by atoms with van der Waals surface area (Å²) in [7, 11) is 0. The van der Waals surface area contributed by atoms with Crippen molar-refractivity contribution in [1.29, 1.82) is 0 Å². The van der Waals surface area contributed by atoms with Crippen LogP contribution in [0, 0.1) is 5.92 Å². The molecular formula is C15H29N. The normalized spacial score (nSPS) is 18.1. The molecule has 1 nitrogen and oxygen atoms in total. The van der Waals surface area contributed by atoms with Gasteiger partial charge in [0.25, 0.3) is 0 Å². The maximum absolute atomic E-state index is 3.71.